The number of carboxylic acid groups (broad SMARTS) is 1. The van der Waals surface area contributed by atoms with Gasteiger partial charge in [0.25, 0.3) is 11.8 Å². The molecule has 0 bridgehead atoms. The van der Waals surface area contributed by atoms with Gasteiger partial charge in [0.1, 0.15) is 5.00 Å². The van der Waals surface area contributed by atoms with Gasteiger partial charge in [-0.3, -0.25) is 4.79 Å². The Bertz CT molecular complexity index is 954. The Balaban J connectivity index is 1.66. The SMILES string of the molecule is Cc1sc(NC(=O)C2=C(C(=O)O)COCC2)c(-c2nc(C3CC3)no2)c1C. The molecule has 1 aliphatic carbocycles. The van der Waals surface area contributed by atoms with E-state index in [2.05, 4.69) is 15.5 Å². The lowest BCUT2D eigenvalue weighted by Crippen LogP contribution is -2.25. The third-order valence-corrected chi connectivity index (χ3v) is 5.97. The first-order chi connectivity index (χ1) is 13.0. The molecule has 2 aliphatic rings. The second-order valence-electron chi connectivity index (χ2n) is 6.74. The van der Waals surface area contributed by atoms with Crippen molar-refractivity contribution in [3.8, 4) is 11.5 Å². The molecule has 27 heavy (non-hydrogen) atoms. The molecule has 0 radical (unpaired) electrons. The first-order valence-electron chi connectivity index (χ1n) is 8.74. The zero-order valence-corrected chi connectivity index (χ0v) is 15.8. The van der Waals surface area contributed by atoms with E-state index >= 15 is 0 Å². The Morgan fingerprint density at radius 3 is 2.74 bits per heavy atom. The van der Waals surface area contributed by atoms with Gasteiger partial charge in [-0.25, -0.2) is 4.79 Å². The maximum absolute atomic E-state index is 12.8. The quantitative estimate of drug-likeness (QED) is 0.808. The number of nitrogens with one attached hydrogen (secondary N) is 1. The summed E-state index contributed by atoms with van der Waals surface area (Å²) in [7, 11) is 0. The molecule has 2 aromatic rings. The number of amides is 1. The summed E-state index contributed by atoms with van der Waals surface area (Å²) in [6.45, 7) is 4.15. The van der Waals surface area contributed by atoms with E-state index < -0.39 is 11.9 Å². The molecule has 0 spiro atoms. The molecule has 4 rings (SSSR count). The van der Waals surface area contributed by atoms with Crippen LogP contribution in [0.5, 0.6) is 0 Å². The summed E-state index contributed by atoms with van der Waals surface area (Å²) < 4.78 is 10.6. The molecule has 1 fully saturated rings. The Kier molecular flexibility index (Phi) is 4.56. The zero-order valence-electron chi connectivity index (χ0n) is 15.0. The molecule has 0 aromatic carbocycles. The second-order valence-corrected chi connectivity index (χ2v) is 7.96. The van der Waals surface area contributed by atoms with Crippen LogP contribution >= 0.6 is 11.3 Å². The molecule has 9 heteroatoms. The lowest BCUT2D eigenvalue weighted by Gasteiger charge is -2.17. The van der Waals surface area contributed by atoms with Crippen molar-refractivity contribution in [2.45, 2.75) is 39.0 Å². The van der Waals surface area contributed by atoms with Crippen molar-refractivity contribution in [3.05, 3.63) is 27.4 Å². The van der Waals surface area contributed by atoms with Crippen molar-refractivity contribution in [2.24, 2.45) is 0 Å². The standard InChI is InChI=1S/C18H19N3O5S/c1-8-9(2)27-17(13(8)16-19-14(21-26-16)10-3-4-10)20-15(22)11-5-6-25-7-12(11)18(23)24/h10H,3-7H2,1-2H3,(H,20,22)(H,23,24). The predicted octanol–water partition coefficient (Wildman–Crippen LogP) is 3.03. The molecule has 2 aromatic heterocycles. The van der Waals surface area contributed by atoms with Gasteiger partial charge in [-0.1, -0.05) is 5.16 Å². The molecule has 8 nitrogen and oxygen atoms in total. The van der Waals surface area contributed by atoms with Crippen molar-refractivity contribution < 1.29 is 24.0 Å². The number of ether oxygens (including phenoxy) is 1. The molecule has 1 aliphatic heterocycles. The molecular weight excluding hydrogens is 370 g/mol. The van der Waals surface area contributed by atoms with Crippen LogP contribution in [0.2, 0.25) is 0 Å². The van der Waals surface area contributed by atoms with Crippen molar-refractivity contribution >= 4 is 28.2 Å². The van der Waals surface area contributed by atoms with E-state index in [1.807, 2.05) is 13.8 Å². The van der Waals surface area contributed by atoms with Crippen LogP contribution in [0, 0.1) is 13.8 Å². The topological polar surface area (TPSA) is 115 Å². The summed E-state index contributed by atoms with van der Waals surface area (Å²) in [5.74, 6) is -0.116. The Hall–Kier alpha value is -2.52. The van der Waals surface area contributed by atoms with Crippen LogP contribution in [-0.4, -0.2) is 40.3 Å². The molecule has 0 saturated heterocycles. The highest BCUT2D eigenvalue weighted by atomic mass is 32.1. The van der Waals surface area contributed by atoms with E-state index in [4.69, 9.17) is 9.26 Å². The summed E-state index contributed by atoms with van der Waals surface area (Å²) in [6, 6.07) is 0. The molecule has 142 valence electrons. The molecule has 0 unspecified atom stereocenters. The van der Waals surface area contributed by atoms with Crippen LogP contribution in [0.25, 0.3) is 11.5 Å². The third-order valence-electron chi connectivity index (χ3n) is 4.85. The van der Waals surface area contributed by atoms with Crippen molar-refractivity contribution in [1.82, 2.24) is 10.1 Å². The zero-order chi connectivity index (χ0) is 19.1. The van der Waals surface area contributed by atoms with Crippen molar-refractivity contribution in [1.29, 1.82) is 0 Å². The normalized spacial score (nSPS) is 17.3. The molecule has 3 heterocycles. The van der Waals surface area contributed by atoms with Crippen LogP contribution < -0.4 is 5.32 Å². The largest absolute Gasteiger partial charge is 0.478 e. The van der Waals surface area contributed by atoms with Gasteiger partial charge < -0.3 is 19.7 Å². The minimum atomic E-state index is -1.13. The maximum Gasteiger partial charge on any atom is 0.334 e. The van der Waals surface area contributed by atoms with Crippen LogP contribution in [-0.2, 0) is 14.3 Å². The third kappa shape index (κ3) is 3.40. The van der Waals surface area contributed by atoms with E-state index in [0.717, 1.165) is 23.3 Å². The number of aromatic nitrogens is 2. The molecule has 1 amide bonds. The summed E-state index contributed by atoms with van der Waals surface area (Å²) >= 11 is 1.41. The van der Waals surface area contributed by atoms with Gasteiger partial charge >= 0.3 is 5.97 Å². The van der Waals surface area contributed by atoms with Gasteiger partial charge in [-0.15, -0.1) is 11.3 Å². The highest BCUT2D eigenvalue weighted by Gasteiger charge is 2.31. The van der Waals surface area contributed by atoms with Crippen LogP contribution in [0.15, 0.2) is 15.7 Å². The number of rotatable bonds is 5. The van der Waals surface area contributed by atoms with Gasteiger partial charge in [-0.05, 0) is 32.3 Å². The number of thiophene rings is 1. The average Bonchev–Trinajstić information content (AvgIpc) is 3.32. The highest BCUT2D eigenvalue weighted by Crippen LogP contribution is 2.43. The van der Waals surface area contributed by atoms with Gasteiger partial charge in [0.15, 0.2) is 5.82 Å². The molecule has 0 atom stereocenters. The van der Waals surface area contributed by atoms with E-state index in [-0.39, 0.29) is 24.2 Å². The van der Waals surface area contributed by atoms with Crippen LogP contribution in [0.3, 0.4) is 0 Å². The average molecular weight is 389 g/mol. The summed E-state index contributed by atoms with van der Waals surface area (Å²) in [6.07, 6.45) is 2.40. The van der Waals surface area contributed by atoms with Crippen molar-refractivity contribution in [2.75, 3.05) is 18.5 Å². The summed E-state index contributed by atoms with van der Waals surface area (Å²) in [4.78, 5) is 29.7. The number of hydrogen-bond donors (Lipinski definition) is 2. The maximum atomic E-state index is 12.8. The number of nitrogens with zero attached hydrogens (tertiary/aromatic N) is 2. The van der Waals surface area contributed by atoms with Gasteiger partial charge in [-0.2, -0.15) is 4.98 Å². The Morgan fingerprint density at radius 2 is 2.04 bits per heavy atom. The Morgan fingerprint density at radius 1 is 1.26 bits per heavy atom. The first kappa shape index (κ1) is 17.9. The smallest absolute Gasteiger partial charge is 0.334 e. The number of carboxylic acids is 1. The number of carbonyl (C=O) groups excluding carboxylic acids is 1. The minimum Gasteiger partial charge on any atom is -0.478 e. The molecular formula is C18H19N3O5S. The fraction of sp³-hybridized carbons (Fsp3) is 0.444. The van der Waals surface area contributed by atoms with Crippen molar-refractivity contribution in [3.63, 3.8) is 0 Å². The second kappa shape index (κ2) is 6.90. The van der Waals surface area contributed by atoms with Gasteiger partial charge in [0.05, 0.1) is 24.4 Å². The molecule has 1 saturated carbocycles. The fourth-order valence-electron chi connectivity index (χ4n) is 3.02. The van der Waals surface area contributed by atoms with E-state index in [0.29, 0.717) is 34.8 Å². The summed E-state index contributed by atoms with van der Waals surface area (Å²) in [5.41, 5.74) is 1.90. The van der Waals surface area contributed by atoms with Crippen LogP contribution in [0.1, 0.15) is 41.4 Å². The fourth-order valence-corrected chi connectivity index (χ4v) is 4.07. The Labute approximate surface area is 159 Å². The van der Waals surface area contributed by atoms with Gasteiger partial charge in [0.2, 0.25) is 0 Å². The number of anilines is 1. The summed E-state index contributed by atoms with van der Waals surface area (Å²) in [5, 5.41) is 16.8. The number of aryl methyl sites for hydroxylation is 1. The van der Waals surface area contributed by atoms with Crippen LogP contribution in [0.4, 0.5) is 5.00 Å². The van der Waals surface area contributed by atoms with E-state index in [9.17, 15) is 14.7 Å². The number of aliphatic carboxylic acids is 1. The van der Waals surface area contributed by atoms with Gasteiger partial charge in [0, 0.05) is 22.8 Å². The highest BCUT2D eigenvalue weighted by molar-refractivity contribution is 7.17. The van der Waals surface area contributed by atoms with E-state index in [1.165, 1.54) is 11.3 Å². The number of hydrogen-bond acceptors (Lipinski definition) is 7. The first-order valence-corrected chi connectivity index (χ1v) is 9.55. The van der Waals surface area contributed by atoms with E-state index in [1.54, 1.807) is 0 Å². The predicted molar refractivity (Wildman–Crippen MR) is 97.8 cm³/mol. The monoisotopic (exact) mass is 389 g/mol. The molecule has 2 N–H and O–H groups in total. The minimum absolute atomic E-state index is 0.000824. The lowest BCUT2D eigenvalue weighted by atomic mass is 10.0. The lowest BCUT2D eigenvalue weighted by molar-refractivity contribution is -0.134. The number of carbonyl (C=O) groups is 2.